The summed E-state index contributed by atoms with van der Waals surface area (Å²) in [5.74, 6) is 0.601. The summed E-state index contributed by atoms with van der Waals surface area (Å²) >= 11 is 0. The van der Waals surface area contributed by atoms with Gasteiger partial charge in [0, 0.05) is 12.7 Å². The molecule has 98 valence electrons. The SMILES string of the molecule is Cc1nc2ccc(N(C)C(=O)C(C)(C)C#N)cc2[nH]1. The van der Waals surface area contributed by atoms with Crippen molar-refractivity contribution in [1.82, 2.24) is 9.97 Å². The van der Waals surface area contributed by atoms with Crippen LogP contribution in [0.2, 0.25) is 0 Å². The molecule has 19 heavy (non-hydrogen) atoms. The van der Waals surface area contributed by atoms with Crippen LogP contribution in [-0.2, 0) is 4.79 Å². The molecule has 0 unspecified atom stereocenters. The molecule has 0 aliphatic heterocycles. The fourth-order valence-electron chi connectivity index (χ4n) is 1.92. The summed E-state index contributed by atoms with van der Waals surface area (Å²) in [5.41, 5.74) is 1.45. The maximum atomic E-state index is 12.2. The highest BCUT2D eigenvalue weighted by Gasteiger charge is 2.31. The van der Waals surface area contributed by atoms with Crippen molar-refractivity contribution < 1.29 is 4.79 Å². The van der Waals surface area contributed by atoms with Gasteiger partial charge in [-0.1, -0.05) is 0 Å². The lowest BCUT2D eigenvalue weighted by Gasteiger charge is -2.24. The van der Waals surface area contributed by atoms with E-state index >= 15 is 0 Å². The lowest BCUT2D eigenvalue weighted by molar-refractivity contribution is -0.123. The van der Waals surface area contributed by atoms with Crippen LogP contribution in [0, 0.1) is 23.7 Å². The number of carbonyl (C=O) groups is 1. The third-order valence-corrected chi connectivity index (χ3v) is 3.09. The van der Waals surface area contributed by atoms with Crippen LogP contribution in [0.15, 0.2) is 18.2 Å². The Morgan fingerprint density at radius 1 is 1.47 bits per heavy atom. The predicted octanol–water partition coefficient (Wildman–Crippen LogP) is 2.38. The van der Waals surface area contributed by atoms with E-state index in [0.29, 0.717) is 0 Å². The molecule has 5 heteroatoms. The number of anilines is 1. The third-order valence-electron chi connectivity index (χ3n) is 3.09. The largest absolute Gasteiger partial charge is 0.342 e. The molecular formula is C14H16N4O. The molecule has 0 radical (unpaired) electrons. The molecule has 1 aromatic carbocycles. The minimum Gasteiger partial charge on any atom is -0.342 e. The molecule has 0 aliphatic carbocycles. The quantitative estimate of drug-likeness (QED) is 0.896. The van der Waals surface area contributed by atoms with Gasteiger partial charge >= 0.3 is 0 Å². The van der Waals surface area contributed by atoms with Crippen molar-refractivity contribution in [1.29, 1.82) is 5.26 Å². The first-order valence-electron chi connectivity index (χ1n) is 6.01. The Hall–Kier alpha value is -2.35. The molecule has 2 rings (SSSR count). The number of rotatable bonds is 2. The van der Waals surface area contributed by atoms with Gasteiger partial charge < -0.3 is 9.88 Å². The average Bonchev–Trinajstić information content (AvgIpc) is 2.75. The lowest BCUT2D eigenvalue weighted by Crippen LogP contribution is -2.37. The fraction of sp³-hybridized carbons (Fsp3) is 0.357. The molecular weight excluding hydrogens is 240 g/mol. The van der Waals surface area contributed by atoms with Crippen LogP contribution in [0.3, 0.4) is 0 Å². The number of nitrogens with one attached hydrogen (secondary N) is 1. The van der Waals surface area contributed by atoms with Crippen LogP contribution in [0.5, 0.6) is 0 Å². The second-order valence-electron chi connectivity index (χ2n) is 5.12. The van der Waals surface area contributed by atoms with Gasteiger partial charge in [-0.25, -0.2) is 4.98 Å². The van der Waals surface area contributed by atoms with Gasteiger partial charge in [-0.15, -0.1) is 0 Å². The van der Waals surface area contributed by atoms with Crippen LogP contribution in [0.4, 0.5) is 5.69 Å². The number of carbonyl (C=O) groups excluding carboxylic acids is 1. The Morgan fingerprint density at radius 3 is 2.79 bits per heavy atom. The molecule has 1 N–H and O–H groups in total. The van der Waals surface area contributed by atoms with Gasteiger partial charge in [0.25, 0.3) is 0 Å². The number of aromatic amines is 1. The normalized spacial score (nSPS) is 11.3. The average molecular weight is 256 g/mol. The van der Waals surface area contributed by atoms with Gasteiger partial charge in [0.15, 0.2) is 0 Å². The highest BCUT2D eigenvalue weighted by Crippen LogP contribution is 2.24. The standard InChI is InChI=1S/C14H16N4O/c1-9-16-11-6-5-10(7-12(11)17-9)18(4)13(19)14(2,3)8-15/h5-7H,1-4H3,(H,16,17). The number of hydrogen-bond acceptors (Lipinski definition) is 3. The van der Waals surface area contributed by atoms with Gasteiger partial charge in [0.2, 0.25) is 5.91 Å². The fourth-order valence-corrected chi connectivity index (χ4v) is 1.92. The lowest BCUT2D eigenvalue weighted by atomic mass is 9.94. The van der Waals surface area contributed by atoms with E-state index in [4.69, 9.17) is 5.26 Å². The van der Waals surface area contributed by atoms with Gasteiger partial charge in [-0.05, 0) is 39.0 Å². The van der Waals surface area contributed by atoms with Crippen LogP contribution in [0.25, 0.3) is 11.0 Å². The third kappa shape index (κ3) is 2.29. The summed E-state index contributed by atoms with van der Waals surface area (Å²) in [7, 11) is 1.67. The molecule has 5 nitrogen and oxygen atoms in total. The van der Waals surface area contributed by atoms with Crippen molar-refractivity contribution in [3.8, 4) is 6.07 Å². The predicted molar refractivity (Wildman–Crippen MR) is 73.6 cm³/mol. The van der Waals surface area contributed by atoms with Gasteiger partial charge in [0.05, 0.1) is 17.1 Å². The number of aryl methyl sites for hydroxylation is 1. The highest BCUT2D eigenvalue weighted by molar-refractivity contribution is 5.99. The van der Waals surface area contributed by atoms with E-state index in [-0.39, 0.29) is 5.91 Å². The smallest absolute Gasteiger partial charge is 0.246 e. The van der Waals surface area contributed by atoms with Crippen molar-refractivity contribution in [2.24, 2.45) is 5.41 Å². The molecule has 0 bridgehead atoms. The second-order valence-corrected chi connectivity index (χ2v) is 5.12. The van der Waals surface area contributed by atoms with E-state index in [0.717, 1.165) is 22.5 Å². The summed E-state index contributed by atoms with van der Waals surface area (Å²) in [6.45, 7) is 5.11. The number of aromatic nitrogens is 2. The van der Waals surface area contributed by atoms with Gasteiger partial charge in [-0.3, -0.25) is 4.79 Å². The molecule has 1 heterocycles. The maximum absolute atomic E-state index is 12.2. The van der Waals surface area contributed by atoms with E-state index in [9.17, 15) is 4.79 Å². The van der Waals surface area contributed by atoms with Gasteiger partial charge in [-0.2, -0.15) is 5.26 Å². The molecule has 0 spiro atoms. The molecule has 0 fully saturated rings. The number of amides is 1. The van der Waals surface area contributed by atoms with Crippen LogP contribution in [-0.4, -0.2) is 22.9 Å². The number of nitrogens with zero attached hydrogens (tertiary/aromatic N) is 3. The van der Waals surface area contributed by atoms with Crippen molar-refractivity contribution in [2.75, 3.05) is 11.9 Å². The summed E-state index contributed by atoms with van der Waals surface area (Å²) in [6.07, 6.45) is 0. The van der Waals surface area contributed by atoms with E-state index in [1.165, 1.54) is 4.90 Å². The van der Waals surface area contributed by atoms with E-state index in [1.807, 2.05) is 31.2 Å². The summed E-state index contributed by atoms with van der Waals surface area (Å²) in [5, 5.41) is 9.02. The topological polar surface area (TPSA) is 72.8 Å². The minimum absolute atomic E-state index is 0.231. The number of fused-ring (bicyclic) bond motifs is 1. The maximum Gasteiger partial charge on any atom is 0.246 e. The minimum atomic E-state index is -1.03. The first kappa shape index (κ1) is 13.1. The Balaban J connectivity index is 2.39. The van der Waals surface area contributed by atoms with E-state index in [2.05, 4.69) is 9.97 Å². The molecule has 0 atom stereocenters. The summed E-state index contributed by atoms with van der Waals surface area (Å²) in [6, 6.07) is 7.57. The van der Waals surface area contributed by atoms with Gasteiger partial charge in [0.1, 0.15) is 11.2 Å². The molecule has 0 saturated carbocycles. The number of hydrogen-bond donors (Lipinski definition) is 1. The monoisotopic (exact) mass is 256 g/mol. The first-order chi connectivity index (χ1) is 8.85. The van der Waals surface area contributed by atoms with Crippen LogP contribution in [0.1, 0.15) is 19.7 Å². The zero-order valence-corrected chi connectivity index (χ0v) is 11.5. The van der Waals surface area contributed by atoms with Crippen molar-refractivity contribution in [3.63, 3.8) is 0 Å². The summed E-state index contributed by atoms with van der Waals surface area (Å²) < 4.78 is 0. The van der Waals surface area contributed by atoms with Crippen LogP contribution < -0.4 is 4.90 Å². The van der Waals surface area contributed by atoms with Crippen molar-refractivity contribution in [3.05, 3.63) is 24.0 Å². The molecule has 2 aromatic rings. The Labute approximate surface area is 111 Å². The zero-order valence-electron chi connectivity index (χ0n) is 11.5. The highest BCUT2D eigenvalue weighted by atomic mass is 16.2. The molecule has 1 amide bonds. The van der Waals surface area contributed by atoms with E-state index < -0.39 is 5.41 Å². The molecule has 0 saturated heterocycles. The van der Waals surface area contributed by atoms with E-state index in [1.54, 1.807) is 20.9 Å². The number of nitriles is 1. The number of imidazole rings is 1. The molecule has 1 aromatic heterocycles. The number of H-pyrrole nitrogens is 1. The Morgan fingerprint density at radius 2 is 2.16 bits per heavy atom. The summed E-state index contributed by atoms with van der Waals surface area (Å²) in [4.78, 5) is 21.2. The van der Waals surface area contributed by atoms with Crippen molar-refractivity contribution in [2.45, 2.75) is 20.8 Å². The first-order valence-corrected chi connectivity index (χ1v) is 6.01. The van der Waals surface area contributed by atoms with Crippen molar-refractivity contribution >= 4 is 22.6 Å². The second kappa shape index (κ2) is 4.39. The Bertz CT molecular complexity index is 678. The zero-order chi connectivity index (χ0) is 14.2. The van der Waals surface area contributed by atoms with Crippen LogP contribution >= 0.6 is 0 Å². The molecule has 0 aliphatic rings. The Kier molecular flexibility index (Phi) is 3.03. The number of benzene rings is 1.